The summed E-state index contributed by atoms with van der Waals surface area (Å²) in [6.45, 7) is 4.02. The summed E-state index contributed by atoms with van der Waals surface area (Å²) < 4.78 is 40.7. The molecule has 0 bridgehead atoms. The van der Waals surface area contributed by atoms with Crippen molar-refractivity contribution in [1.29, 1.82) is 0 Å². The van der Waals surface area contributed by atoms with E-state index in [1.807, 2.05) is 36.2 Å². The fraction of sp³-hybridized carbons (Fsp3) is 0.500. The third kappa shape index (κ3) is 3.85. The summed E-state index contributed by atoms with van der Waals surface area (Å²) in [5.74, 6) is -1.83. The lowest BCUT2D eigenvalue weighted by Gasteiger charge is -2.50. The number of likely N-dealkylation sites (N-methyl/N-ethyl adjacent to an activating group) is 1. The minimum absolute atomic E-state index is 0.0234. The van der Waals surface area contributed by atoms with Gasteiger partial charge in [0, 0.05) is 37.4 Å². The second-order valence-corrected chi connectivity index (χ2v) is 8.77. The molecule has 32 heavy (non-hydrogen) atoms. The maximum absolute atomic E-state index is 13.0. The van der Waals surface area contributed by atoms with Crippen LogP contribution >= 0.6 is 0 Å². The number of aryl methyl sites for hydroxylation is 1. The quantitative estimate of drug-likeness (QED) is 0.658. The molecule has 4 rings (SSSR count). The smallest absolute Gasteiger partial charge is 0.339 e. The molecule has 0 atom stereocenters. The summed E-state index contributed by atoms with van der Waals surface area (Å²) >= 11 is 0. The van der Waals surface area contributed by atoms with Gasteiger partial charge in [0.25, 0.3) is 11.7 Å². The van der Waals surface area contributed by atoms with E-state index in [0.717, 1.165) is 18.5 Å². The molecule has 1 fully saturated rings. The average molecular weight is 448 g/mol. The van der Waals surface area contributed by atoms with Gasteiger partial charge in [-0.1, -0.05) is 25.5 Å². The van der Waals surface area contributed by atoms with E-state index in [2.05, 4.69) is 11.8 Å². The van der Waals surface area contributed by atoms with E-state index in [1.165, 1.54) is 16.2 Å². The first-order valence-corrected chi connectivity index (χ1v) is 11.1. The number of hydrogen-bond donors (Lipinski definition) is 0. The molecule has 3 heterocycles. The van der Waals surface area contributed by atoms with Crippen LogP contribution in [0, 0.1) is 0 Å². The van der Waals surface area contributed by atoms with Crippen LogP contribution in [-0.2, 0) is 18.5 Å². The predicted octanol–water partition coefficient (Wildman–Crippen LogP) is 4.26. The van der Waals surface area contributed by atoms with Crippen LogP contribution < -0.4 is 0 Å². The number of carbonyl (C=O) groups excluding carboxylic acids is 2. The number of piperidine rings is 1. The number of Topliss-reactive ketones (excluding diaryl/α,β-unsaturated/α-hetero) is 1. The van der Waals surface area contributed by atoms with Crippen molar-refractivity contribution < 1.29 is 22.8 Å². The molecule has 2 aliphatic heterocycles. The predicted molar refractivity (Wildman–Crippen MR) is 115 cm³/mol. The molecule has 1 aromatic heterocycles. The number of carbonyl (C=O) groups is 2. The van der Waals surface area contributed by atoms with E-state index < -0.39 is 17.5 Å². The Morgan fingerprint density at radius 2 is 1.62 bits per heavy atom. The number of nitrogens with zero attached hydrogens (tertiary/aromatic N) is 3. The van der Waals surface area contributed by atoms with Crippen molar-refractivity contribution in [3.8, 4) is 0 Å². The zero-order valence-corrected chi connectivity index (χ0v) is 18.4. The van der Waals surface area contributed by atoms with Crippen molar-refractivity contribution in [3.05, 3.63) is 58.9 Å². The van der Waals surface area contributed by atoms with Gasteiger partial charge in [0.15, 0.2) is 0 Å². The first-order chi connectivity index (χ1) is 15.2. The number of fused-ring (bicyclic) bond motifs is 2. The Morgan fingerprint density at radius 1 is 0.969 bits per heavy atom. The van der Waals surface area contributed by atoms with Crippen LogP contribution in [-0.4, -0.2) is 58.9 Å². The number of alkyl halides is 3. The van der Waals surface area contributed by atoms with Crippen LogP contribution in [0.15, 0.2) is 36.4 Å². The van der Waals surface area contributed by atoms with Gasteiger partial charge in [-0.05, 0) is 56.1 Å². The average Bonchev–Trinajstić information content (AvgIpc) is 3.21. The topological polar surface area (TPSA) is 45.6 Å². The second kappa shape index (κ2) is 8.39. The number of likely N-dealkylation sites (tertiary alicyclic amines) is 1. The Morgan fingerprint density at radius 3 is 2.22 bits per heavy atom. The van der Waals surface area contributed by atoms with E-state index in [4.69, 9.17) is 0 Å². The molecule has 0 radical (unpaired) electrons. The van der Waals surface area contributed by atoms with Gasteiger partial charge in [0.05, 0.1) is 11.2 Å². The van der Waals surface area contributed by atoms with Gasteiger partial charge in [-0.25, -0.2) is 0 Å². The van der Waals surface area contributed by atoms with Crippen LogP contribution in [0.3, 0.4) is 0 Å². The Hall–Kier alpha value is -2.61. The molecule has 0 saturated carbocycles. The molecule has 1 aromatic carbocycles. The van der Waals surface area contributed by atoms with Gasteiger partial charge in [0.1, 0.15) is 0 Å². The molecule has 5 nitrogen and oxygen atoms in total. The molecular formula is C24H28F3N3O2. The summed E-state index contributed by atoms with van der Waals surface area (Å²) in [4.78, 5) is 28.9. The minimum Gasteiger partial charge on any atom is -0.339 e. The van der Waals surface area contributed by atoms with Crippen molar-refractivity contribution in [2.24, 2.45) is 0 Å². The lowest BCUT2D eigenvalue weighted by atomic mass is 9.81. The summed E-state index contributed by atoms with van der Waals surface area (Å²) in [5.41, 5.74) is 1.81. The maximum atomic E-state index is 13.0. The summed E-state index contributed by atoms with van der Waals surface area (Å²) in [6.07, 6.45) is -1.66. The molecule has 0 aliphatic carbocycles. The summed E-state index contributed by atoms with van der Waals surface area (Å²) in [6, 6.07) is 10.7. The highest BCUT2D eigenvalue weighted by molar-refractivity contribution is 5.99. The number of amides is 1. The van der Waals surface area contributed by atoms with Crippen molar-refractivity contribution >= 4 is 11.7 Å². The first kappa shape index (κ1) is 22.6. The number of aromatic nitrogens is 1. The maximum Gasteiger partial charge on any atom is 0.456 e. The minimum atomic E-state index is -4.89. The fourth-order valence-corrected chi connectivity index (χ4v) is 5.12. The number of rotatable bonds is 4. The van der Waals surface area contributed by atoms with Crippen LogP contribution in [0.5, 0.6) is 0 Å². The third-order valence-electron chi connectivity index (χ3n) is 6.95. The van der Waals surface area contributed by atoms with Gasteiger partial charge in [-0.2, -0.15) is 13.2 Å². The number of hydrogen-bond acceptors (Lipinski definition) is 3. The van der Waals surface area contributed by atoms with Crippen molar-refractivity contribution in [2.75, 3.05) is 26.7 Å². The van der Waals surface area contributed by atoms with Crippen LogP contribution in [0.1, 0.15) is 58.3 Å². The monoisotopic (exact) mass is 447 g/mol. The highest BCUT2D eigenvalue weighted by atomic mass is 19.4. The Kier molecular flexibility index (Phi) is 5.92. The van der Waals surface area contributed by atoms with Gasteiger partial charge in [-0.15, -0.1) is 0 Å². The number of ketones is 1. The van der Waals surface area contributed by atoms with E-state index in [-0.39, 0.29) is 11.6 Å². The van der Waals surface area contributed by atoms with Crippen molar-refractivity contribution in [2.45, 2.75) is 50.9 Å². The van der Waals surface area contributed by atoms with E-state index in [9.17, 15) is 22.8 Å². The molecular weight excluding hydrogens is 419 g/mol. The highest BCUT2D eigenvalue weighted by Crippen LogP contribution is 2.42. The van der Waals surface area contributed by atoms with Crippen molar-refractivity contribution in [1.82, 2.24) is 14.4 Å². The van der Waals surface area contributed by atoms with Crippen molar-refractivity contribution in [3.63, 3.8) is 0 Å². The van der Waals surface area contributed by atoms with E-state index >= 15 is 0 Å². The molecule has 1 saturated heterocycles. The van der Waals surface area contributed by atoms with Gasteiger partial charge in [-0.3, -0.25) is 14.5 Å². The Bertz CT molecular complexity index is 1000. The molecule has 0 N–H and O–H groups in total. The summed E-state index contributed by atoms with van der Waals surface area (Å²) in [5, 5.41) is 0. The van der Waals surface area contributed by atoms with Crippen LogP contribution in [0.2, 0.25) is 0 Å². The SMILES string of the molecule is CCCc1ccc(C(=O)N2CCC3(CC2)c2ccc(C(=O)C(F)(F)F)n2CCN3C)cc1. The van der Waals surface area contributed by atoms with E-state index in [1.54, 1.807) is 6.07 Å². The number of halogens is 3. The largest absolute Gasteiger partial charge is 0.456 e. The second-order valence-electron chi connectivity index (χ2n) is 8.77. The van der Waals surface area contributed by atoms with Gasteiger partial charge in [0.2, 0.25) is 0 Å². The van der Waals surface area contributed by atoms with E-state index in [0.29, 0.717) is 44.6 Å². The highest BCUT2D eigenvalue weighted by Gasteiger charge is 2.47. The van der Waals surface area contributed by atoms with Gasteiger partial charge >= 0.3 is 6.18 Å². The van der Waals surface area contributed by atoms with Crippen LogP contribution in [0.4, 0.5) is 13.2 Å². The molecule has 0 unspecified atom stereocenters. The molecule has 8 heteroatoms. The Balaban J connectivity index is 1.53. The zero-order valence-electron chi connectivity index (χ0n) is 18.4. The summed E-state index contributed by atoms with van der Waals surface area (Å²) in [7, 11) is 1.96. The third-order valence-corrected chi connectivity index (χ3v) is 6.95. The molecule has 2 aromatic rings. The number of benzene rings is 1. The fourth-order valence-electron chi connectivity index (χ4n) is 5.12. The van der Waals surface area contributed by atoms with Crippen LogP contribution in [0.25, 0.3) is 0 Å². The Labute approximate surface area is 185 Å². The molecule has 1 spiro atoms. The van der Waals surface area contributed by atoms with Gasteiger partial charge < -0.3 is 9.47 Å². The molecule has 172 valence electrons. The lowest BCUT2D eigenvalue weighted by Crippen LogP contribution is -2.56. The first-order valence-electron chi connectivity index (χ1n) is 11.1. The standard InChI is InChI=1S/C24H28F3N3O2/c1-3-4-17-5-7-18(8-6-17)22(32)29-13-11-23(12-14-29)20-10-9-19(21(31)24(25,26)27)30(20)16-15-28(23)2/h5-10H,3-4,11-16H2,1-2H3. The molecule has 1 amide bonds. The lowest BCUT2D eigenvalue weighted by molar-refractivity contribution is -0.0892. The normalized spacial score (nSPS) is 18.6. The molecule has 2 aliphatic rings. The zero-order chi connectivity index (χ0) is 23.1.